The van der Waals surface area contributed by atoms with Crippen molar-refractivity contribution in [3.8, 4) is 0 Å². The zero-order valence-corrected chi connectivity index (χ0v) is 18.9. The van der Waals surface area contributed by atoms with E-state index in [4.69, 9.17) is 0 Å². The Kier molecular flexibility index (Phi) is 7.65. The Hall–Kier alpha value is -0.140. The average molecular weight is 463 g/mol. The maximum atomic E-state index is 12.9. The van der Waals surface area contributed by atoms with E-state index in [0.717, 1.165) is 51.4 Å². The van der Waals surface area contributed by atoms with Crippen LogP contribution in [0.4, 0.5) is 0 Å². The van der Waals surface area contributed by atoms with Crippen LogP contribution >= 0.6 is 15.9 Å². The number of rotatable bonds is 5. The highest BCUT2D eigenvalue weighted by molar-refractivity contribution is 9.09. The topological polar surface area (TPSA) is 75.3 Å². The summed E-state index contributed by atoms with van der Waals surface area (Å²) in [6.45, 7) is 2.25. The number of hydrogen-bond acceptors (Lipinski definition) is 3. The number of carbonyl (C=O) groups is 1. The molecule has 7 heteroatoms. The Morgan fingerprint density at radius 3 is 2.30 bits per heavy atom. The summed E-state index contributed by atoms with van der Waals surface area (Å²) in [5.41, 5.74) is 0. The highest BCUT2D eigenvalue weighted by Crippen LogP contribution is 2.31. The molecule has 0 aromatic carbocycles. The summed E-state index contributed by atoms with van der Waals surface area (Å²) in [5, 5.41) is 2.80. The summed E-state index contributed by atoms with van der Waals surface area (Å²) >= 11 is 3.62. The third kappa shape index (κ3) is 6.17. The van der Waals surface area contributed by atoms with Crippen molar-refractivity contribution >= 4 is 31.9 Å². The van der Waals surface area contributed by atoms with Crippen molar-refractivity contribution in [2.24, 2.45) is 11.8 Å². The van der Waals surface area contributed by atoms with Gasteiger partial charge in [0.15, 0.2) is 0 Å². The molecule has 27 heavy (non-hydrogen) atoms. The Morgan fingerprint density at radius 1 is 0.889 bits per heavy atom. The molecule has 0 spiro atoms. The molecule has 3 rings (SSSR count). The van der Waals surface area contributed by atoms with Gasteiger partial charge in [0.2, 0.25) is 15.9 Å². The Balaban J connectivity index is 1.52. The SMILES string of the molecule is CC1CCCC(NC(=O)C2CCCC(S(=O)(=O)NC3CCC(Br)CC3)C2)C1. The van der Waals surface area contributed by atoms with Crippen LogP contribution in [0.5, 0.6) is 0 Å². The summed E-state index contributed by atoms with van der Waals surface area (Å²) in [6.07, 6.45) is 11.1. The molecular formula is C20H35BrN2O3S. The molecule has 1 amide bonds. The van der Waals surface area contributed by atoms with Crippen LogP contribution in [0.25, 0.3) is 0 Å². The van der Waals surface area contributed by atoms with E-state index in [1.54, 1.807) is 0 Å². The normalized spacial score (nSPS) is 38.3. The van der Waals surface area contributed by atoms with Gasteiger partial charge in [-0.3, -0.25) is 4.79 Å². The van der Waals surface area contributed by atoms with Crippen molar-refractivity contribution in [1.29, 1.82) is 0 Å². The van der Waals surface area contributed by atoms with Gasteiger partial charge < -0.3 is 5.32 Å². The number of amides is 1. The average Bonchev–Trinajstić information content (AvgIpc) is 2.63. The molecule has 156 valence electrons. The molecule has 0 saturated heterocycles. The molecule has 3 aliphatic rings. The first-order chi connectivity index (χ1) is 12.8. The number of sulfonamides is 1. The lowest BCUT2D eigenvalue weighted by Crippen LogP contribution is -2.47. The van der Waals surface area contributed by atoms with Crippen LogP contribution in [-0.4, -0.2) is 36.5 Å². The van der Waals surface area contributed by atoms with Gasteiger partial charge in [-0.2, -0.15) is 0 Å². The number of hydrogen-bond donors (Lipinski definition) is 2. The Labute approximate surface area is 173 Å². The van der Waals surface area contributed by atoms with Gasteiger partial charge >= 0.3 is 0 Å². The van der Waals surface area contributed by atoms with Crippen molar-refractivity contribution < 1.29 is 13.2 Å². The van der Waals surface area contributed by atoms with E-state index in [2.05, 4.69) is 32.9 Å². The summed E-state index contributed by atoms with van der Waals surface area (Å²) in [6, 6.07) is 0.331. The smallest absolute Gasteiger partial charge is 0.223 e. The van der Waals surface area contributed by atoms with Gasteiger partial charge in [0.1, 0.15) is 0 Å². The first-order valence-corrected chi connectivity index (χ1v) is 13.2. The molecule has 0 bridgehead atoms. The summed E-state index contributed by atoms with van der Waals surface area (Å²) in [7, 11) is -3.35. The summed E-state index contributed by atoms with van der Waals surface area (Å²) in [4.78, 5) is 13.3. The van der Waals surface area contributed by atoms with Gasteiger partial charge in [-0.1, -0.05) is 42.1 Å². The third-order valence-electron chi connectivity index (χ3n) is 6.71. The summed E-state index contributed by atoms with van der Waals surface area (Å²) < 4.78 is 28.7. The van der Waals surface area contributed by atoms with Gasteiger partial charge in [-0.05, 0) is 63.7 Å². The van der Waals surface area contributed by atoms with Crippen molar-refractivity contribution in [2.45, 2.75) is 106 Å². The van der Waals surface area contributed by atoms with Crippen LogP contribution in [0.2, 0.25) is 0 Å². The zero-order chi connectivity index (χ0) is 19.4. The first kappa shape index (κ1) is 21.6. The van der Waals surface area contributed by atoms with Crippen molar-refractivity contribution in [3.05, 3.63) is 0 Å². The van der Waals surface area contributed by atoms with Crippen LogP contribution in [0.3, 0.4) is 0 Å². The van der Waals surface area contributed by atoms with Gasteiger partial charge in [0, 0.05) is 22.8 Å². The molecule has 3 saturated carbocycles. The van der Waals surface area contributed by atoms with Crippen LogP contribution < -0.4 is 10.0 Å². The highest BCUT2D eigenvalue weighted by Gasteiger charge is 2.37. The van der Waals surface area contributed by atoms with Crippen LogP contribution in [0.15, 0.2) is 0 Å². The molecule has 4 unspecified atom stereocenters. The van der Waals surface area contributed by atoms with Crippen molar-refractivity contribution in [2.75, 3.05) is 0 Å². The largest absolute Gasteiger partial charge is 0.353 e. The van der Waals surface area contributed by atoms with Gasteiger partial charge in [0.05, 0.1) is 5.25 Å². The lowest BCUT2D eigenvalue weighted by molar-refractivity contribution is -0.126. The second-order valence-corrected chi connectivity index (χ2v) is 12.4. The highest BCUT2D eigenvalue weighted by atomic mass is 79.9. The van der Waals surface area contributed by atoms with E-state index in [9.17, 15) is 13.2 Å². The van der Waals surface area contributed by atoms with E-state index in [0.29, 0.717) is 23.6 Å². The zero-order valence-electron chi connectivity index (χ0n) is 16.5. The second-order valence-electron chi connectivity index (χ2n) is 9.07. The van der Waals surface area contributed by atoms with Gasteiger partial charge in [0.25, 0.3) is 0 Å². The fourth-order valence-corrected chi connectivity index (χ4v) is 7.43. The van der Waals surface area contributed by atoms with E-state index in [-0.39, 0.29) is 23.9 Å². The van der Waals surface area contributed by atoms with E-state index in [1.165, 1.54) is 12.8 Å². The number of halogens is 1. The monoisotopic (exact) mass is 462 g/mol. The standard InChI is InChI=1S/C20H35BrN2O3S/c1-14-4-2-6-18(12-14)22-20(24)15-5-3-7-19(13-15)27(25,26)23-17-10-8-16(21)9-11-17/h14-19,23H,2-13H2,1H3,(H,22,24). The molecule has 2 N–H and O–H groups in total. The summed E-state index contributed by atoms with van der Waals surface area (Å²) in [5.74, 6) is 0.590. The van der Waals surface area contributed by atoms with Crippen LogP contribution in [0, 0.1) is 11.8 Å². The van der Waals surface area contributed by atoms with E-state index in [1.807, 2.05) is 0 Å². The number of carbonyl (C=O) groups excluding carboxylic acids is 1. The minimum atomic E-state index is -3.35. The molecular weight excluding hydrogens is 428 g/mol. The van der Waals surface area contributed by atoms with Crippen molar-refractivity contribution in [3.63, 3.8) is 0 Å². The second kappa shape index (κ2) is 9.57. The maximum Gasteiger partial charge on any atom is 0.223 e. The molecule has 0 aromatic rings. The fraction of sp³-hybridized carbons (Fsp3) is 0.950. The van der Waals surface area contributed by atoms with E-state index >= 15 is 0 Å². The maximum absolute atomic E-state index is 12.9. The lowest BCUT2D eigenvalue weighted by Gasteiger charge is -2.33. The molecule has 4 atom stereocenters. The minimum absolute atomic E-state index is 0.0572. The van der Waals surface area contributed by atoms with E-state index < -0.39 is 15.3 Å². The predicted octanol–water partition coefficient (Wildman–Crippen LogP) is 3.87. The van der Waals surface area contributed by atoms with Crippen LogP contribution in [-0.2, 0) is 14.8 Å². The fourth-order valence-electron chi connectivity index (χ4n) is 5.05. The molecule has 0 radical (unpaired) electrons. The third-order valence-corrected chi connectivity index (χ3v) is 9.59. The molecule has 0 aliphatic heterocycles. The van der Waals surface area contributed by atoms with Crippen LogP contribution in [0.1, 0.15) is 84.0 Å². The number of nitrogens with one attached hydrogen (secondary N) is 2. The van der Waals surface area contributed by atoms with Crippen molar-refractivity contribution in [1.82, 2.24) is 10.0 Å². The first-order valence-electron chi connectivity index (χ1n) is 10.8. The molecule has 0 aromatic heterocycles. The van der Waals surface area contributed by atoms with Gasteiger partial charge in [-0.25, -0.2) is 13.1 Å². The Morgan fingerprint density at radius 2 is 1.59 bits per heavy atom. The van der Waals surface area contributed by atoms with Gasteiger partial charge in [-0.15, -0.1) is 0 Å². The Bertz CT molecular complexity index is 604. The quantitative estimate of drug-likeness (QED) is 0.608. The molecule has 5 nitrogen and oxygen atoms in total. The molecule has 0 heterocycles. The lowest BCUT2D eigenvalue weighted by atomic mass is 9.85. The number of alkyl halides is 1. The molecule has 3 aliphatic carbocycles. The minimum Gasteiger partial charge on any atom is -0.353 e. The predicted molar refractivity (Wildman–Crippen MR) is 112 cm³/mol. The molecule has 3 fully saturated rings.